The van der Waals surface area contributed by atoms with E-state index in [-0.39, 0.29) is 0 Å². The van der Waals surface area contributed by atoms with E-state index in [0.29, 0.717) is 5.41 Å². The minimum absolute atomic E-state index is 0.663. The summed E-state index contributed by atoms with van der Waals surface area (Å²) in [6.45, 7) is 21.8. The Morgan fingerprint density at radius 1 is 0.895 bits per heavy atom. The summed E-state index contributed by atoms with van der Waals surface area (Å²) in [6, 6.07) is 0. The van der Waals surface area contributed by atoms with Gasteiger partial charge in [-0.1, -0.05) is 82.1 Å². The first-order chi connectivity index (χ1) is 9.09. The van der Waals surface area contributed by atoms with E-state index in [9.17, 15) is 0 Å². The van der Waals surface area contributed by atoms with Gasteiger partial charge in [0.15, 0.2) is 0 Å². The Kier molecular flexibility index (Phi) is 12.0. The van der Waals surface area contributed by atoms with Crippen LogP contribution in [0.25, 0.3) is 0 Å². The van der Waals surface area contributed by atoms with Crippen LogP contribution in [0.1, 0.15) is 94.9 Å². The predicted molar refractivity (Wildman–Crippen MR) is 91.6 cm³/mol. The molecule has 0 heterocycles. The van der Waals surface area contributed by atoms with E-state index < -0.39 is 0 Å². The summed E-state index contributed by atoms with van der Waals surface area (Å²) in [4.78, 5) is 0. The molecule has 0 radical (unpaired) electrons. The third-order valence-corrected chi connectivity index (χ3v) is 4.96. The second-order valence-corrected chi connectivity index (χ2v) is 5.96. The van der Waals surface area contributed by atoms with Gasteiger partial charge < -0.3 is 0 Å². The van der Waals surface area contributed by atoms with Crippen LogP contribution in [0.3, 0.4) is 0 Å². The standard InChI is InChI=1S/C13H24.3C2H6/c1-5-6-11-10-8-7-9(2)12(10)13(11,3)4;3*1-2/h9-12H,5-8H2,1-4H3;3*1-2H3. The second kappa shape index (κ2) is 10.7. The average molecular weight is 271 g/mol. The lowest BCUT2D eigenvalue weighted by Crippen LogP contribution is -2.52. The van der Waals surface area contributed by atoms with E-state index in [1.165, 1.54) is 25.7 Å². The molecule has 0 amide bonds. The van der Waals surface area contributed by atoms with Crippen LogP contribution in [0.5, 0.6) is 0 Å². The summed E-state index contributed by atoms with van der Waals surface area (Å²) in [5.41, 5.74) is 0.663. The summed E-state index contributed by atoms with van der Waals surface area (Å²) < 4.78 is 0. The van der Waals surface area contributed by atoms with Gasteiger partial charge in [0.1, 0.15) is 0 Å². The molecule has 118 valence electrons. The molecule has 2 saturated carbocycles. The van der Waals surface area contributed by atoms with Crippen LogP contribution in [-0.2, 0) is 0 Å². The van der Waals surface area contributed by atoms with Crippen molar-refractivity contribution in [3.05, 3.63) is 0 Å². The fourth-order valence-corrected chi connectivity index (χ4v) is 4.55. The Morgan fingerprint density at radius 2 is 1.37 bits per heavy atom. The van der Waals surface area contributed by atoms with Crippen LogP contribution in [0.2, 0.25) is 0 Å². The highest BCUT2D eigenvalue weighted by Crippen LogP contribution is 2.65. The first kappa shape index (κ1) is 21.3. The highest BCUT2D eigenvalue weighted by Gasteiger charge is 2.59. The molecule has 2 fully saturated rings. The normalized spacial score (nSPS) is 33.2. The molecule has 2 aliphatic rings. The molecule has 0 N–H and O–H groups in total. The Bertz CT molecular complexity index is 192. The van der Waals surface area contributed by atoms with Crippen LogP contribution in [0.4, 0.5) is 0 Å². The summed E-state index contributed by atoms with van der Waals surface area (Å²) in [6.07, 6.45) is 5.88. The van der Waals surface area contributed by atoms with Crippen molar-refractivity contribution in [1.29, 1.82) is 0 Å². The number of fused-ring (bicyclic) bond motifs is 1. The van der Waals surface area contributed by atoms with Crippen LogP contribution in [-0.4, -0.2) is 0 Å². The molecule has 0 aromatic rings. The highest BCUT2D eigenvalue weighted by molar-refractivity contribution is 5.07. The maximum absolute atomic E-state index is 2.51. The lowest BCUT2D eigenvalue weighted by molar-refractivity contribution is -0.0983. The van der Waals surface area contributed by atoms with Crippen molar-refractivity contribution in [3.8, 4) is 0 Å². The topological polar surface area (TPSA) is 0 Å². The van der Waals surface area contributed by atoms with Gasteiger partial charge >= 0.3 is 0 Å². The van der Waals surface area contributed by atoms with E-state index >= 15 is 0 Å². The van der Waals surface area contributed by atoms with Gasteiger partial charge in [-0.25, -0.2) is 0 Å². The first-order valence-corrected chi connectivity index (χ1v) is 9.09. The smallest absolute Gasteiger partial charge is 0.0290 e. The molecule has 0 heteroatoms. The summed E-state index contributed by atoms with van der Waals surface area (Å²) in [7, 11) is 0. The van der Waals surface area contributed by atoms with E-state index in [2.05, 4.69) is 27.7 Å². The van der Waals surface area contributed by atoms with Gasteiger partial charge in [0.25, 0.3) is 0 Å². The van der Waals surface area contributed by atoms with Crippen molar-refractivity contribution in [2.24, 2.45) is 29.1 Å². The number of hydrogen-bond acceptors (Lipinski definition) is 0. The largest absolute Gasteiger partial charge is 0.0683 e. The average Bonchev–Trinajstić information content (AvgIpc) is 2.82. The molecule has 19 heavy (non-hydrogen) atoms. The SMILES string of the molecule is CC.CC.CC.CCCC1C2CCC(C)C2C1(C)C. The Balaban J connectivity index is 0. The van der Waals surface area contributed by atoms with Crippen LogP contribution in [0, 0.1) is 29.1 Å². The Labute approximate surface area is 124 Å². The van der Waals surface area contributed by atoms with Crippen molar-refractivity contribution in [1.82, 2.24) is 0 Å². The van der Waals surface area contributed by atoms with Crippen molar-refractivity contribution >= 4 is 0 Å². The zero-order chi connectivity index (χ0) is 15.6. The monoisotopic (exact) mass is 270 g/mol. The maximum Gasteiger partial charge on any atom is -0.0290 e. The summed E-state index contributed by atoms with van der Waals surface area (Å²) >= 11 is 0. The second-order valence-electron chi connectivity index (χ2n) is 5.96. The number of hydrogen-bond donors (Lipinski definition) is 0. The van der Waals surface area contributed by atoms with Gasteiger partial charge in [0.2, 0.25) is 0 Å². The van der Waals surface area contributed by atoms with Gasteiger partial charge in [-0.2, -0.15) is 0 Å². The molecule has 0 bridgehead atoms. The lowest BCUT2D eigenvalue weighted by Gasteiger charge is -2.58. The van der Waals surface area contributed by atoms with E-state index in [0.717, 1.165) is 23.7 Å². The Hall–Kier alpha value is 0. The molecule has 4 unspecified atom stereocenters. The van der Waals surface area contributed by atoms with Crippen molar-refractivity contribution < 1.29 is 0 Å². The van der Waals surface area contributed by atoms with Gasteiger partial charge in [-0.3, -0.25) is 0 Å². The van der Waals surface area contributed by atoms with Gasteiger partial charge in [0, 0.05) is 0 Å². The minimum atomic E-state index is 0.663. The fraction of sp³-hybridized carbons (Fsp3) is 1.00. The molecule has 0 aromatic heterocycles. The van der Waals surface area contributed by atoms with Gasteiger partial charge in [0.05, 0.1) is 0 Å². The zero-order valence-electron chi connectivity index (χ0n) is 15.6. The van der Waals surface area contributed by atoms with Crippen molar-refractivity contribution in [2.75, 3.05) is 0 Å². The molecular formula is C19H42. The minimum Gasteiger partial charge on any atom is -0.0683 e. The maximum atomic E-state index is 2.51. The molecule has 0 aromatic carbocycles. The molecule has 0 nitrogen and oxygen atoms in total. The molecule has 0 aliphatic heterocycles. The molecular weight excluding hydrogens is 228 g/mol. The first-order valence-electron chi connectivity index (χ1n) is 9.09. The third kappa shape index (κ3) is 4.50. The van der Waals surface area contributed by atoms with Gasteiger partial charge in [-0.05, 0) is 41.9 Å². The van der Waals surface area contributed by atoms with E-state index in [4.69, 9.17) is 0 Å². The van der Waals surface area contributed by atoms with Crippen molar-refractivity contribution in [2.45, 2.75) is 94.9 Å². The van der Waals surface area contributed by atoms with Crippen LogP contribution < -0.4 is 0 Å². The molecule has 2 aliphatic carbocycles. The molecule has 0 saturated heterocycles. The zero-order valence-corrected chi connectivity index (χ0v) is 15.6. The molecule has 0 spiro atoms. The Morgan fingerprint density at radius 3 is 1.79 bits per heavy atom. The van der Waals surface area contributed by atoms with Gasteiger partial charge in [-0.15, -0.1) is 0 Å². The molecule has 2 rings (SSSR count). The number of rotatable bonds is 2. The van der Waals surface area contributed by atoms with Crippen molar-refractivity contribution in [3.63, 3.8) is 0 Å². The van der Waals surface area contributed by atoms with Crippen LogP contribution in [0.15, 0.2) is 0 Å². The predicted octanol–water partition coefficient (Wildman–Crippen LogP) is 7.18. The third-order valence-electron chi connectivity index (χ3n) is 4.96. The van der Waals surface area contributed by atoms with E-state index in [1.807, 2.05) is 41.5 Å². The lowest BCUT2D eigenvalue weighted by atomic mass is 9.47. The summed E-state index contributed by atoms with van der Waals surface area (Å²) in [5, 5.41) is 0. The van der Waals surface area contributed by atoms with E-state index in [1.54, 1.807) is 0 Å². The highest BCUT2D eigenvalue weighted by atomic mass is 14.6. The molecule has 4 atom stereocenters. The summed E-state index contributed by atoms with van der Waals surface area (Å²) in [5.74, 6) is 4.22. The fourth-order valence-electron chi connectivity index (χ4n) is 4.55. The van der Waals surface area contributed by atoms with Crippen LogP contribution >= 0.6 is 0 Å². The quantitative estimate of drug-likeness (QED) is 0.498.